The Morgan fingerprint density at radius 1 is 1.16 bits per heavy atom. The summed E-state index contributed by atoms with van der Waals surface area (Å²) < 4.78 is 22.5. The van der Waals surface area contributed by atoms with Crippen molar-refractivity contribution in [2.45, 2.75) is 24.4 Å². The van der Waals surface area contributed by atoms with Crippen molar-refractivity contribution < 1.29 is 13.2 Å². The van der Waals surface area contributed by atoms with Crippen LogP contribution in [0.15, 0.2) is 53.4 Å². The number of rotatable bonds is 6. The molecule has 2 aromatic carbocycles. The number of likely N-dealkylation sites (N-methyl/N-ethyl adjacent to an activating group) is 1. The zero-order valence-electron chi connectivity index (χ0n) is 13.9. The van der Waals surface area contributed by atoms with Gasteiger partial charge in [-0.2, -0.15) is 0 Å². The molecule has 6 nitrogen and oxygen atoms in total. The number of hydrogen-bond donors (Lipinski definition) is 2. The molecule has 0 saturated carbocycles. The molecule has 0 saturated heterocycles. The summed E-state index contributed by atoms with van der Waals surface area (Å²) in [6.45, 7) is 2.39. The smallest absolute Gasteiger partial charge is 0.241 e. The zero-order chi connectivity index (χ0) is 18.6. The fourth-order valence-corrected chi connectivity index (χ4v) is 2.83. The highest BCUT2D eigenvalue weighted by atomic mass is 35.5. The van der Waals surface area contributed by atoms with Crippen molar-refractivity contribution in [3.63, 3.8) is 0 Å². The number of hydrogen-bond acceptors (Lipinski definition) is 4. The predicted octanol–water partition coefficient (Wildman–Crippen LogP) is 2.45. The van der Waals surface area contributed by atoms with Crippen LogP contribution in [-0.2, 0) is 21.4 Å². The van der Waals surface area contributed by atoms with E-state index in [9.17, 15) is 13.2 Å². The molecule has 25 heavy (non-hydrogen) atoms. The molecule has 3 N–H and O–H groups in total. The molecule has 0 bridgehead atoms. The van der Waals surface area contributed by atoms with Crippen molar-refractivity contribution in [1.29, 1.82) is 0 Å². The first kappa shape index (κ1) is 19.4. The molecular weight excluding hydrogens is 362 g/mol. The van der Waals surface area contributed by atoms with Gasteiger partial charge in [0.25, 0.3) is 0 Å². The Hall–Kier alpha value is -1.93. The third-order valence-corrected chi connectivity index (χ3v) is 5.02. The number of anilines is 1. The molecule has 2 aromatic rings. The topological polar surface area (TPSA) is 92.5 Å². The predicted molar refractivity (Wildman–Crippen MR) is 98.8 cm³/mol. The molecular formula is C17H20ClN3O3S. The van der Waals surface area contributed by atoms with E-state index in [1.807, 2.05) is 36.2 Å². The second-order valence-corrected chi connectivity index (χ2v) is 7.77. The summed E-state index contributed by atoms with van der Waals surface area (Å²) in [6, 6.07) is 12.8. The first-order valence-corrected chi connectivity index (χ1v) is 9.47. The molecule has 134 valence electrons. The highest BCUT2D eigenvalue weighted by molar-refractivity contribution is 7.89. The molecule has 2 rings (SSSR count). The van der Waals surface area contributed by atoms with E-state index in [-0.39, 0.29) is 16.8 Å². The van der Waals surface area contributed by atoms with E-state index in [2.05, 4.69) is 5.32 Å². The van der Waals surface area contributed by atoms with E-state index in [0.717, 1.165) is 5.56 Å². The summed E-state index contributed by atoms with van der Waals surface area (Å²) in [5, 5.41) is 8.47. The van der Waals surface area contributed by atoms with Gasteiger partial charge < -0.3 is 5.32 Å². The van der Waals surface area contributed by atoms with Gasteiger partial charge in [0, 0.05) is 17.3 Å². The van der Waals surface area contributed by atoms with Crippen LogP contribution in [0.5, 0.6) is 0 Å². The monoisotopic (exact) mass is 381 g/mol. The molecule has 0 fully saturated rings. The number of nitrogens with zero attached hydrogens (tertiary/aromatic N) is 1. The van der Waals surface area contributed by atoms with Crippen LogP contribution in [0.25, 0.3) is 0 Å². The summed E-state index contributed by atoms with van der Waals surface area (Å²) in [5.41, 5.74) is 1.55. The van der Waals surface area contributed by atoms with Crippen molar-refractivity contribution in [1.82, 2.24) is 4.90 Å². The average molecular weight is 382 g/mol. The molecule has 0 heterocycles. The highest BCUT2D eigenvalue weighted by Gasteiger charge is 2.18. The Morgan fingerprint density at radius 3 is 2.24 bits per heavy atom. The summed E-state index contributed by atoms with van der Waals surface area (Å²) in [7, 11) is -1.90. The summed E-state index contributed by atoms with van der Waals surface area (Å²) in [4.78, 5) is 14.3. The lowest BCUT2D eigenvalue weighted by Gasteiger charge is -2.24. The van der Waals surface area contributed by atoms with Crippen molar-refractivity contribution in [3.05, 3.63) is 59.1 Å². The fraction of sp³-hybridized carbons (Fsp3) is 0.235. The second-order valence-electron chi connectivity index (χ2n) is 5.78. The van der Waals surface area contributed by atoms with Crippen molar-refractivity contribution >= 4 is 33.2 Å². The van der Waals surface area contributed by atoms with E-state index >= 15 is 0 Å². The van der Waals surface area contributed by atoms with Crippen LogP contribution in [0.3, 0.4) is 0 Å². The highest BCUT2D eigenvalue weighted by Crippen LogP contribution is 2.15. The molecule has 0 aliphatic carbocycles. The Labute approximate surface area is 152 Å². The maximum atomic E-state index is 12.4. The molecule has 0 spiro atoms. The Balaban J connectivity index is 1.98. The second kappa shape index (κ2) is 7.97. The largest absolute Gasteiger partial charge is 0.325 e. The number of sulfonamides is 1. The first-order chi connectivity index (χ1) is 11.7. The zero-order valence-corrected chi connectivity index (χ0v) is 15.5. The lowest BCUT2D eigenvalue weighted by atomic mass is 10.2. The van der Waals surface area contributed by atoms with Crippen LogP contribution in [0, 0.1) is 0 Å². The quantitative estimate of drug-likeness (QED) is 0.803. The Kier molecular flexibility index (Phi) is 6.18. The van der Waals surface area contributed by atoms with E-state index in [1.165, 1.54) is 24.3 Å². The van der Waals surface area contributed by atoms with Crippen LogP contribution in [0.2, 0.25) is 5.02 Å². The molecule has 0 aromatic heterocycles. The van der Waals surface area contributed by atoms with Crippen molar-refractivity contribution in [3.8, 4) is 0 Å². The lowest BCUT2D eigenvalue weighted by molar-refractivity contribution is -0.120. The number of carbonyl (C=O) groups excluding carboxylic acids is 1. The van der Waals surface area contributed by atoms with Crippen LogP contribution >= 0.6 is 11.6 Å². The van der Waals surface area contributed by atoms with Gasteiger partial charge in [-0.3, -0.25) is 9.69 Å². The van der Waals surface area contributed by atoms with Gasteiger partial charge in [0.15, 0.2) is 0 Å². The number of benzene rings is 2. The first-order valence-electron chi connectivity index (χ1n) is 7.55. The Morgan fingerprint density at radius 2 is 1.72 bits per heavy atom. The fourth-order valence-electron chi connectivity index (χ4n) is 2.19. The number of primary sulfonamides is 1. The van der Waals surface area contributed by atoms with Gasteiger partial charge >= 0.3 is 0 Å². The van der Waals surface area contributed by atoms with Gasteiger partial charge in [0.05, 0.1) is 10.9 Å². The van der Waals surface area contributed by atoms with Gasteiger partial charge in [0.1, 0.15) is 0 Å². The molecule has 0 aliphatic heterocycles. The van der Waals surface area contributed by atoms with Crippen LogP contribution in [-0.4, -0.2) is 32.3 Å². The minimum Gasteiger partial charge on any atom is -0.325 e. The normalized spacial score (nSPS) is 12.8. The van der Waals surface area contributed by atoms with E-state index in [1.54, 1.807) is 6.92 Å². The molecule has 8 heteroatoms. The molecule has 1 atom stereocenters. The summed E-state index contributed by atoms with van der Waals surface area (Å²) in [6.07, 6.45) is 0. The third-order valence-electron chi connectivity index (χ3n) is 3.84. The number of carbonyl (C=O) groups is 1. The van der Waals surface area contributed by atoms with Crippen LogP contribution in [0.4, 0.5) is 5.69 Å². The summed E-state index contributed by atoms with van der Waals surface area (Å²) in [5.74, 6) is -0.195. The van der Waals surface area contributed by atoms with Gasteiger partial charge in [0.2, 0.25) is 15.9 Å². The maximum absolute atomic E-state index is 12.4. The van der Waals surface area contributed by atoms with E-state index in [4.69, 9.17) is 16.7 Å². The van der Waals surface area contributed by atoms with E-state index < -0.39 is 10.0 Å². The SMILES string of the molecule is C[C@@H](C(=O)Nc1ccc(S(N)(=O)=O)cc1)N(C)Cc1ccc(Cl)cc1. The maximum Gasteiger partial charge on any atom is 0.241 e. The van der Waals surface area contributed by atoms with Gasteiger partial charge in [-0.05, 0) is 55.9 Å². The van der Waals surface area contributed by atoms with Gasteiger partial charge in [-0.15, -0.1) is 0 Å². The van der Waals surface area contributed by atoms with Gasteiger partial charge in [-0.1, -0.05) is 23.7 Å². The average Bonchev–Trinajstić information content (AvgIpc) is 2.55. The minimum absolute atomic E-state index is 0.00148. The molecule has 1 amide bonds. The minimum atomic E-state index is -3.75. The van der Waals surface area contributed by atoms with Crippen LogP contribution in [0.1, 0.15) is 12.5 Å². The third kappa shape index (κ3) is 5.54. The number of nitrogens with one attached hydrogen (secondary N) is 1. The summed E-state index contributed by atoms with van der Waals surface area (Å²) >= 11 is 5.87. The molecule has 0 radical (unpaired) electrons. The van der Waals surface area contributed by atoms with Gasteiger partial charge in [-0.25, -0.2) is 13.6 Å². The number of halogens is 1. The lowest BCUT2D eigenvalue weighted by Crippen LogP contribution is -2.39. The number of nitrogens with two attached hydrogens (primary N) is 1. The number of amides is 1. The molecule has 0 aliphatic rings. The molecule has 0 unspecified atom stereocenters. The van der Waals surface area contributed by atoms with Crippen molar-refractivity contribution in [2.75, 3.05) is 12.4 Å². The van der Waals surface area contributed by atoms with Crippen molar-refractivity contribution in [2.24, 2.45) is 5.14 Å². The Bertz CT molecular complexity index is 836. The standard InChI is InChI=1S/C17H20ClN3O3S/c1-12(21(2)11-13-3-5-14(18)6-4-13)17(22)20-15-7-9-16(10-8-15)25(19,23)24/h3-10,12H,11H2,1-2H3,(H,20,22)(H2,19,23,24)/t12-/m0/s1. The van der Waals surface area contributed by atoms with Crippen LogP contribution < -0.4 is 10.5 Å². The van der Waals surface area contributed by atoms with E-state index in [0.29, 0.717) is 17.3 Å².